The molecule has 0 aliphatic heterocycles. The van der Waals surface area contributed by atoms with Crippen molar-refractivity contribution in [2.75, 3.05) is 0 Å². The molecule has 2 nitrogen and oxygen atoms in total. The fourth-order valence-electron chi connectivity index (χ4n) is 3.35. The highest BCUT2D eigenvalue weighted by Gasteiger charge is 2.15. The van der Waals surface area contributed by atoms with E-state index in [1.54, 1.807) is 0 Å². The summed E-state index contributed by atoms with van der Waals surface area (Å²) in [5, 5.41) is 0. The number of carbonyl (C=O) groups is 1. The maximum Gasteiger partial charge on any atom is 0.154 e. The molecule has 25 heavy (non-hydrogen) atoms. The smallest absolute Gasteiger partial charge is 0.154 e. The fourth-order valence-corrected chi connectivity index (χ4v) is 3.35. The van der Waals surface area contributed by atoms with Gasteiger partial charge in [0.2, 0.25) is 0 Å². The van der Waals surface area contributed by atoms with E-state index in [0.29, 0.717) is 17.9 Å². The summed E-state index contributed by atoms with van der Waals surface area (Å²) in [7, 11) is 0. The monoisotopic (exact) mass is 330 g/mol. The van der Waals surface area contributed by atoms with Gasteiger partial charge in [0, 0.05) is 0 Å². The summed E-state index contributed by atoms with van der Waals surface area (Å²) >= 11 is 0. The molecular formula is C23H22O2. The van der Waals surface area contributed by atoms with Gasteiger partial charge in [-0.05, 0) is 54.7 Å². The molecule has 0 N–H and O–H groups in total. The first-order valence-corrected chi connectivity index (χ1v) is 8.43. The Morgan fingerprint density at radius 3 is 2.20 bits per heavy atom. The summed E-state index contributed by atoms with van der Waals surface area (Å²) in [6.07, 6.45) is 0.897. The largest absolute Gasteiger partial charge is 0.488 e. The van der Waals surface area contributed by atoms with E-state index in [2.05, 4.69) is 32.9 Å². The number of hydrogen-bond acceptors (Lipinski definition) is 2. The minimum absolute atomic E-state index is 0.441. The Kier molecular flexibility index (Phi) is 4.99. The second kappa shape index (κ2) is 7.35. The lowest BCUT2D eigenvalue weighted by atomic mass is 9.91. The van der Waals surface area contributed by atoms with Crippen molar-refractivity contribution in [3.05, 3.63) is 88.5 Å². The van der Waals surface area contributed by atoms with Gasteiger partial charge < -0.3 is 4.74 Å². The second-order valence-corrected chi connectivity index (χ2v) is 6.38. The summed E-state index contributed by atoms with van der Waals surface area (Å²) in [4.78, 5) is 11.8. The molecule has 0 heterocycles. The minimum Gasteiger partial charge on any atom is -0.488 e. The van der Waals surface area contributed by atoms with Gasteiger partial charge in [0.05, 0.1) is 5.56 Å². The standard InChI is InChI=1S/C23H22O2/c1-16-12-17(2)23(18(3)13-16)20-10-7-11-22(21(20)14-24)25-15-19-8-5-4-6-9-19/h4-14H,15H2,1-3H3. The predicted molar refractivity (Wildman–Crippen MR) is 102 cm³/mol. The van der Waals surface area contributed by atoms with Gasteiger partial charge in [0.1, 0.15) is 12.4 Å². The van der Waals surface area contributed by atoms with E-state index in [-0.39, 0.29) is 0 Å². The van der Waals surface area contributed by atoms with Crippen LogP contribution in [0.15, 0.2) is 60.7 Å². The molecule has 0 unspecified atom stereocenters. The molecule has 0 bridgehead atoms. The molecule has 3 aromatic carbocycles. The average Bonchev–Trinajstić information content (AvgIpc) is 2.60. The molecule has 0 aliphatic carbocycles. The van der Waals surface area contributed by atoms with Crippen LogP contribution in [-0.4, -0.2) is 6.29 Å². The van der Waals surface area contributed by atoms with Crippen LogP contribution in [0.3, 0.4) is 0 Å². The Bertz CT molecular complexity index is 872. The number of hydrogen-bond donors (Lipinski definition) is 0. The first-order chi connectivity index (χ1) is 12.1. The molecule has 0 aliphatic rings. The molecule has 3 aromatic rings. The molecule has 0 saturated carbocycles. The average molecular weight is 330 g/mol. The summed E-state index contributed by atoms with van der Waals surface area (Å²) in [6, 6.07) is 20.0. The summed E-state index contributed by atoms with van der Waals surface area (Å²) in [6.45, 7) is 6.70. The second-order valence-electron chi connectivity index (χ2n) is 6.38. The van der Waals surface area contributed by atoms with Gasteiger partial charge in [-0.25, -0.2) is 0 Å². The van der Waals surface area contributed by atoms with Crippen LogP contribution >= 0.6 is 0 Å². The molecule has 2 heteroatoms. The molecule has 0 amide bonds. The zero-order chi connectivity index (χ0) is 17.8. The van der Waals surface area contributed by atoms with E-state index < -0.39 is 0 Å². The van der Waals surface area contributed by atoms with Crippen molar-refractivity contribution in [3.63, 3.8) is 0 Å². The number of aldehydes is 1. The Morgan fingerprint density at radius 2 is 1.56 bits per heavy atom. The van der Waals surface area contributed by atoms with Crippen LogP contribution in [0, 0.1) is 20.8 Å². The van der Waals surface area contributed by atoms with Crippen LogP contribution < -0.4 is 4.74 Å². The molecule has 0 spiro atoms. The minimum atomic E-state index is 0.441. The molecule has 0 saturated heterocycles. The lowest BCUT2D eigenvalue weighted by Gasteiger charge is -2.16. The van der Waals surface area contributed by atoms with E-state index in [4.69, 9.17) is 4.74 Å². The number of ether oxygens (including phenoxy) is 1. The van der Waals surface area contributed by atoms with Crippen molar-refractivity contribution in [1.29, 1.82) is 0 Å². The van der Waals surface area contributed by atoms with Crippen LogP contribution in [0.4, 0.5) is 0 Å². The lowest BCUT2D eigenvalue weighted by molar-refractivity contribution is 0.111. The van der Waals surface area contributed by atoms with Crippen molar-refractivity contribution < 1.29 is 9.53 Å². The zero-order valence-electron chi connectivity index (χ0n) is 14.9. The molecule has 0 radical (unpaired) electrons. The highest BCUT2D eigenvalue weighted by atomic mass is 16.5. The van der Waals surface area contributed by atoms with E-state index >= 15 is 0 Å². The normalized spacial score (nSPS) is 10.5. The molecule has 3 rings (SSSR count). The van der Waals surface area contributed by atoms with Crippen LogP contribution in [0.2, 0.25) is 0 Å². The van der Waals surface area contributed by atoms with E-state index in [1.165, 1.54) is 16.7 Å². The number of aryl methyl sites for hydroxylation is 3. The van der Waals surface area contributed by atoms with Crippen molar-refractivity contribution in [2.24, 2.45) is 0 Å². The fraction of sp³-hybridized carbons (Fsp3) is 0.174. The highest BCUT2D eigenvalue weighted by Crippen LogP contribution is 2.34. The van der Waals surface area contributed by atoms with Crippen LogP contribution in [-0.2, 0) is 6.61 Å². The SMILES string of the molecule is Cc1cc(C)c(-c2cccc(OCc3ccccc3)c2C=O)c(C)c1. The van der Waals surface area contributed by atoms with Gasteiger partial charge in [0.15, 0.2) is 6.29 Å². The molecule has 126 valence electrons. The van der Waals surface area contributed by atoms with Gasteiger partial charge in [-0.15, -0.1) is 0 Å². The van der Waals surface area contributed by atoms with E-state index in [1.807, 2.05) is 48.5 Å². The van der Waals surface area contributed by atoms with Crippen molar-refractivity contribution >= 4 is 6.29 Å². The molecule has 0 fully saturated rings. The maximum atomic E-state index is 11.8. The van der Waals surface area contributed by atoms with Crippen molar-refractivity contribution in [2.45, 2.75) is 27.4 Å². The van der Waals surface area contributed by atoms with Crippen molar-refractivity contribution in [3.8, 4) is 16.9 Å². The van der Waals surface area contributed by atoms with Gasteiger partial charge in [0.25, 0.3) is 0 Å². The topological polar surface area (TPSA) is 26.3 Å². The highest BCUT2D eigenvalue weighted by molar-refractivity contribution is 5.92. The van der Waals surface area contributed by atoms with Gasteiger partial charge in [-0.2, -0.15) is 0 Å². The maximum absolute atomic E-state index is 11.8. The number of benzene rings is 3. The third-order valence-corrected chi connectivity index (χ3v) is 4.37. The van der Waals surface area contributed by atoms with Crippen LogP contribution in [0.5, 0.6) is 5.75 Å². The number of rotatable bonds is 5. The van der Waals surface area contributed by atoms with Gasteiger partial charge in [-0.1, -0.05) is 60.2 Å². The third-order valence-electron chi connectivity index (χ3n) is 4.37. The quantitative estimate of drug-likeness (QED) is 0.563. The lowest BCUT2D eigenvalue weighted by Crippen LogP contribution is -2.01. The van der Waals surface area contributed by atoms with E-state index in [9.17, 15) is 4.79 Å². The van der Waals surface area contributed by atoms with Gasteiger partial charge in [-0.3, -0.25) is 4.79 Å². The Hall–Kier alpha value is -2.87. The van der Waals surface area contributed by atoms with Crippen LogP contribution in [0.25, 0.3) is 11.1 Å². The Labute approximate surface area is 149 Å². The Morgan fingerprint density at radius 1 is 0.880 bits per heavy atom. The summed E-state index contributed by atoms with van der Waals surface area (Å²) in [5.41, 5.74) is 7.28. The number of carbonyl (C=O) groups excluding carboxylic acids is 1. The first kappa shape index (κ1) is 17.0. The first-order valence-electron chi connectivity index (χ1n) is 8.43. The van der Waals surface area contributed by atoms with Gasteiger partial charge >= 0.3 is 0 Å². The molecule has 0 aromatic heterocycles. The predicted octanol–water partition coefficient (Wildman–Crippen LogP) is 5.67. The van der Waals surface area contributed by atoms with Crippen LogP contribution in [0.1, 0.15) is 32.6 Å². The summed E-state index contributed by atoms with van der Waals surface area (Å²) < 4.78 is 5.95. The van der Waals surface area contributed by atoms with E-state index in [0.717, 1.165) is 23.0 Å². The molecule has 0 atom stereocenters. The third kappa shape index (κ3) is 3.63. The van der Waals surface area contributed by atoms with Crippen molar-refractivity contribution in [1.82, 2.24) is 0 Å². The zero-order valence-corrected chi connectivity index (χ0v) is 14.9. The molecular weight excluding hydrogens is 308 g/mol. The Balaban J connectivity index is 2.01. The summed E-state index contributed by atoms with van der Waals surface area (Å²) in [5.74, 6) is 0.621.